The minimum atomic E-state index is -0.416. The second-order valence-electron chi connectivity index (χ2n) is 2.01. The van der Waals surface area contributed by atoms with Gasteiger partial charge in [0, 0.05) is 11.3 Å². The molecule has 0 aliphatic heterocycles. The Labute approximate surface area is 77.8 Å². The Morgan fingerprint density at radius 2 is 2.27 bits per heavy atom. The molecule has 0 fully saturated rings. The average Bonchev–Trinajstić information content (AvgIpc) is 2.02. The number of thiol groups is 2. The molecule has 0 N–H and O–H groups in total. The molecule has 11 heavy (non-hydrogen) atoms. The largest absolute Gasteiger partial charge is 0.447 e. The monoisotopic (exact) mass is 192 g/mol. The fourth-order valence-corrected chi connectivity index (χ4v) is 0.542. The molecule has 4 heteroatoms. The van der Waals surface area contributed by atoms with Crippen LogP contribution in [-0.2, 0) is 9.53 Å². The maximum atomic E-state index is 11.0. The van der Waals surface area contributed by atoms with Gasteiger partial charge in [-0.25, -0.2) is 4.79 Å². The number of allylic oxidation sites excluding steroid dienone is 1. The molecule has 0 saturated carbocycles. The predicted octanol–water partition coefficient (Wildman–Crippen LogP) is 1.68. The number of hydrogen-bond acceptors (Lipinski definition) is 4. The zero-order valence-electron chi connectivity index (χ0n) is 6.57. The van der Waals surface area contributed by atoms with Gasteiger partial charge in [0.05, 0.1) is 0 Å². The highest BCUT2D eigenvalue weighted by Gasteiger charge is 2.08. The molecule has 0 spiro atoms. The van der Waals surface area contributed by atoms with E-state index >= 15 is 0 Å². The van der Waals surface area contributed by atoms with Gasteiger partial charge in [0.2, 0.25) is 0 Å². The molecular weight excluding hydrogens is 180 g/mol. The first-order chi connectivity index (χ1) is 5.11. The van der Waals surface area contributed by atoms with Crippen molar-refractivity contribution in [2.24, 2.45) is 0 Å². The smallest absolute Gasteiger partial charge is 0.334 e. The van der Waals surface area contributed by atoms with Gasteiger partial charge >= 0.3 is 5.97 Å². The van der Waals surface area contributed by atoms with Gasteiger partial charge < -0.3 is 4.74 Å². The third-order valence-corrected chi connectivity index (χ3v) is 2.06. The third kappa shape index (κ3) is 4.37. The van der Waals surface area contributed by atoms with Crippen LogP contribution in [0.1, 0.15) is 13.8 Å². The second-order valence-corrected chi connectivity index (χ2v) is 2.96. The first kappa shape index (κ1) is 10.9. The van der Waals surface area contributed by atoms with Gasteiger partial charge in [-0.05, 0) is 13.8 Å². The summed E-state index contributed by atoms with van der Waals surface area (Å²) >= 11 is 7.87. The molecule has 0 amide bonds. The van der Waals surface area contributed by atoms with Crippen LogP contribution in [0.5, 0.6) is 0 Å². The van der Waals surface area contributed by atoms with Crippen molar-refractivity contribution in [1.29, 1.82) is 0 Å². The van der Waals surface area contributed by atoms with E-state index in [0.29, 0.717) is 11.3 Å². The standard InChI is InChI=1S/C7H12O2S2/c1-3-5(2)7(8)9-6(11)4-10/h3,6,10-11H,4H2,1-2H3. The lowest BCUT2D eigenvalue weighted by Gasteiger charge is -2.08. The molecule has 0 aliphatic rings. The van der Waals surface area contributed by atoms with Crippen molar-refractivity contribution >= 4 is 31.2 Å². The van der Waals surface area contributed by atoms with Crippen molar-refractivity contribution in [2.45, 2.75) is 19.3 Å². The fraction of sp³-hybridized carbons (Fsp3) is 0.571. The Bertz CT molecular complexity index is 166. The number of rotatable bonds is 3. The van der Waals surface area contributed by atoms with E-state index < -0.39 is 5.44 Å². The Morgan fingerprint density at radius 1 is 1.73 bits per heavy atom. The molecule has 0 radical (unpaired) electrons. The number of carbonyl (C=O) groups excluding carboxylic acids is 1. The molecule has 2 nitrogen and oxygen atoms in total. The zero-order valence-corrected chi connectivity index (χ0v) is 8.36. The number of carbonyl (C=O) groups is 1. The second kappa shape index (κ2) is 5.55. The van der Waals surface area contributed by atoms with Crippen LogP contribution < -0.4 is 0 Å². The summed E-state index contributed by atoms with van der Waals surface area (Å²) in [6.45, 7) is 3.48. The first-order valence-electron chi connectivity index (χ1n) is 3.24. The molecule has 64 valence electrons. The lowest BCUT2D eigenvalue weighted by molar-refractivity contribution is -0.139. The highest BCUT2D eigenvalue weighted by Crippen LogP contribution is 2.04. The van der Waals surface area contributed by atoms with Crippen molar-refractivity contribution in [3.63, 3.8) is 0 Å². The lowest BCUT2D eigenvalue weighted by atomic mass is 10.3. The zero-order chi connectivity index (χ0) is 8.85. The van der Waals surface area contributed by atoms with Crippen molar-refractivity contribution in [2.75, 3.05) is 5.75 Å². The van der Waals surface area contributed by atoms with Crippen molar-refractivity contribution in [3.8, 4) is 0 Å². The third-order valence-electron chi connectivity index (χ3n) is 1.15. The Kier molecular flexibility index (Phi) is 5.50. The van der Waals surface area contributed by atoms with Crippen LogP contribution in [0.3, 0.4) is 0 Å². The molecular formula is C7H12O2S2. The highest BCUT2D eigenvalue weighted by molar-refractivity contribution is 7.84. The SMILES string of the molecule is CC=C(C)C(=O)OC(S)CS. The summed E-state index contributed by atoms with van der Waals surface area (Å²) in [6.07, 6.45) is 1.70. The molecule has 0 aliphatic carbocycles. The summed E-state index contributed by atoms with van der Waals surface area (Å²) in [5.41, 5.74) is 0.173. The van der Waals surface area contributed by atoms with Gasteiger partial charge in [-0.2, -0.15) is 12.6 Å². The van der Waals surface area contributed by atoms with Gasteiger partial charge in [-0.15, -0.1) is 12.6 Å². The van der Waals surface area contributed by atoms with E-state index in [9.17, 15) is 4.79 Å². The van der Waals surface area contributed by atoms with Crippen LogP contribution in [0.2, 0.25) is 0 Å². The Morgan fingerprint density at radius 3 is 2.64 bits per heavy atom. The number of esters is 1. The van der Waals surface area contributed by atoms with Crippen LogP contribution in [-0.4, -0.2) is 17.2 Å². The normalized spacial score (nSPS) is 14.4. The molecule has 0 aromatic rings. The maximum Gasteiger partial charge on any atom is 0.334 e. The van der Waals surface area contributed by atoms with Crippen LogP contribution >= 0.6 is 25.3 Å². The molecule has 1 unspecified atom stereocenters. The van der Waals surface area contributed by atoms with E-state index in [2.05, 4.69) is 25.3 Å². The summed E-state index contributed by atoms with van der Waals surface area (Å²) in [7, 11) is 0. The summed E-state index contributed by atoms with van der Waals surface area (Å²) < 4.78 is 4.83. The first-order valence-corrected chi connectivity index (χ1v) is 4.39. The van der Waals surface area contributed by atoms with Gasteiger partial charge in [-0.1, -0.05) is 6.08 Å². The van der Waals surface area contributed by atoms with Gasteiger partial charge in [0.15, 0.2) is 5.44 Å². The van der Waals surface area contributed by atoms with Crippen molar-refractivity contribution in [3.05, 3.63) is 11.6 Å². The quantitative estimate of drug-likeness (QED) is 0.308. The highest BCUT2D eigenvalue weighted by atomic mass is 32.1. The summed E-state index contributed by atoms with van der Waals surface area (Å²) in [5.74, 6) is 0.0906. The van der Waals surface area contributed by atoms with Gasteiger partial charge in [0.25, 0.3) is 0 Å². The van der Waals surface area contributed by atoms with E-state index in [1.165, 1.54) is 0 Å². The van der Waals surface area contributed by atoms with Gasteiger partial charge in [-0.3, -0.25) is 0 Å². The summed E-state index contributed by atoms with van der Waals surface area (Å²) in [5, 5.41) is 0. The van der Waals surface area contributed by atoms with Crippen LogP contribution in [0.4, 0.5) is 0 Å². The number of ether oxygens (including phenoxy) is 1. The van der Waals surface area contributed by atoms with E-state index in [1.807, 2.05) is 0 Å². The summed E-state index contributed by atoms with van der Waals surface area (Å²) in [4.78, 5) is 11.0. The Balaban J connectivity index is 3.88. The molecule has 0 bridgehead atoms. The van der Waals surface area contributed by atoms with E-state index in [0.717, 1.165) is 0 Å². The van der Waals surface area contributed by atoms with E-state index in [1.54, 1.807) is 19.9 Å². The van der Waals surface area contributed by atoms with Crippen molar-refractivity contribution < 1.29 is 9.53 Å². The molecule has 1 atom stereocenters. The van der Waals surface area contributed by atoms with Gasteiger partial charge in [0.1, 0.15) is 0 Å². The topological polar surface area (TPSA) is 26.3 Å². The molecule has 0 saturated heterocycles. The van der Waals surface area contributed by atoms with Crippen LogP contribution in [0, 0.1) is 0 Å². The maximum absolute atomic E-state index is 11.0. The Hall–Kier alpha value is -0.0900. The van der Waals surface area contributed by atoms with E-state index in [-0.39, 0.29) is 5.97 Å². The minimum Gasteiger partial charge on any atom is -0.447 e. The molecule has 0 aromatic carbocycles. The molecule has 0 heterocycles. The predicted molar refractivity (Wildman–Crippen MR) is 52.2 cm³/mol. The number of hydrogen-bond donors (Lipinski definition) is 2. The van der Waals surface area contributed by atoms with Crippen molar-refractivity contribution in [1.82, 2.24) is 0 Å². The summed E-state index contributed by atoms with van der Waals surface area (Å²) in [6, 6.07) is 0. The van der Waals surface area contributed by atoms with Crippen LogP contribution in [0.25, 0.3) is 0 Å². The lowest BCUT2D eigenvalue weighted by Crippen LogP contribution is -2.14. The fourth-order valence-electron chi connectivity index (χ4n) is 0.372. The molecule has 0 rings (SSSR count). The minimum absolute atomic E-state index is 0.332. The van der Waals surface area contributed by atoms with Crippen LogP contribution in [0.15, 0.2) is 11.6 Å². The molecule has 0 aromatic heterocycles. The average molecular weight is 192 g/mol. The van der Waals surface area contributed by atoms with E-state index in [4.69, 9.17) is 4.74 Å².